The van der Waals surface area contributed by atoms with E-state index in [4.69, 9.17) is 9.47 Å². The maximum absolute atomic E-state index is 12.5. The van der Waals surface area contributed by atoms with E-state index in [1.807, 2.05) is 30.3 Å². The topological polar surface area (TPSA) is 63.7 Å². The summed E-state index contributed by atoms with van der Waals surface area (Å²) < 4.78 is 10.7. The normalized spacial score (nSPS) is 11.9. The Morgan fingerprint density at radius 1 is 1.10 bits per heavy atom. The predicted octanol–water partition coefficient (Wildman–Crippen LogP) is 4.21. The van der Waals surface area contributed by atoms with Crippen molar-refractivity contribution in [1.82, 2.24) is 10.3 Å². The number of fused-ring (bicyclic) bond motifs is 1. The minimum Gasteiger partial charge on any atom is -0.454 e. The molecule has 0 saturated heterocycles. The van der Waals surface area contributed by atoms with E-state index in [0.717, 1.165) is 29.4 Å². The SMILES string of the molecule is CCN(c1cccc(C)c1)c1ccc(C(=O)NCc2ccc3c(c2)OCO3)cn1. The molecule has 0 unspecified atom stereocenters. The molecule has 0 radical (unpaired) electrons. The number of ether oxygens (including phenoxy) is 2. The summed E-state index contributed by atoms with van der Waals surface area (Å²) in [6.07, 6.45) is 1.61. The van der Waals surface area contributed by atoms with E-state index in [1.165, 1.54) is 5.56 Å². The Morgan fingerprint density at radius 3 is 2.72 bits per heavy atom. The molecular formula is C23H23N3O3. The van der Waals surface area contributed by atoms with Crippen LogP contribution in [0.5, 0.6) is 11.5 Å². The average molecular weight is 389 g/mol. The highest BCUT2D eigenvalue weighted by molar-refractivity contribution is 5.94. The van der Waals surface area contributed by atoms with Crippen molar-refractivity contribution >= 4 is 17.4 Å². The summed E-state index contributed by atoms with van der Waals surface area (Å²) >= 11 is 0. The minimum atomic E-state index is -0.166. The van der Waals surface area contributed by atoms with E-state index in [1.54, 1.807) is 12.3 Å². The predicted molar refractivity (Wildman–Crippen MR) is 112 cm³/mol. The molecule has 0 spiro atoms. The van der Waals surface area contributed by atoms with Crippen LogP contribution < -0.4 is 19.7 Å². The number of rotatable bonds is 6. The highest BCUT2D eigenvalue weighted by atomic mass is 16.7. The molecule has 0 fully saturated rings. The van der Waals surface area contributed by atoms with E-state index in [9.17, 15) is 4.79 Å². The van der Waals surface area contributed by atoms with Gasteiger partial charge in [0.05, 0.1) is 5.56 Å². The van der Waals surface area contributed by atoms with Gasteiger partial charge in [-0.05, 0) is 61.4 Å². The van der Waals surface area contributed by atoms with Crippen molar-refractivity contribution in [2.75, 3.05) is 18.2 Å². The fourth-order valence-electron chi connectivity index (χ4n) is 3.29. The number of aryl methyl sites for hydroxylation is 1. The van der Waals surface area contributed by atoms with Gasteiger partial charge in [-0.3, -0.25) is 4.79 Å². The largest absolute Gasteiger partial charge is 0.454 e. The molecule has 2 heterocycles. The first-order valence-electron chi connectivity index (χ1n) is 9.61. The Morgan fingerprint density at radius 2 is 1.97 bits per heavy atom. The quantitative estimate of drug-likeness (QED) is 0.684. The number of amides is 1. The molecule has 0 bridgehead atoms. The third-order valence-corrected chi connectivity index (χ3v) is 4.81. The number of benzene rings is 2. The zero-order valence-electron chi connectivity index (χ0n) is 16.5. The molecule has 6 nitrogen and oxygen atoms in total. The van der Waals surface area contributed by atoms with Crippen molar-refractivity contribution in [2.45, 2.75) is 20.4 Å². The van der Waals surface area contributed by atoms with Gasteiger partial charge in [0.1, 0.15) is 5.82 Å². The van der Waals surface area contributed by atoms with Gasteiger partial charge in [-0.25, -0.2) is 4.98 Å². The van der Waals surface area contributed by atoms with Crippen LogP contribution in [0, 0.1) is 6.92 Å². The number of anilines is 2. The summed E-state index contributed by atoms with van der Waals surface area (Å²) in [5, 5.41) is 2.92. The smallest absolute Gasteiger partial charge is 0.253 e. The molecule has 0 atom stereocenters. The van der Waals surface area contributed by atoms with Gasteiger partial charge < -0.3 is 19.7 Å². The molecule has 0 saturated carbocycles. The Hall–Kier alpha value is -3.54. The van der Waals surface area contributed by atoms with Gasteiger partial charge in [0, 0.05) is 25.0 Å². The van der Waals surface area contributed by atoms with Crippen molar-refractivity contribution in [1.29, 1.82) is 0 Å². The second-order valence-corrected chi connectivity index (χ2v) is 6.86. The zero-order chi connectivity index (χ0) is 20.2. The van der Waals surface area contributed by atoms with Gasteiger partial charge in [0.2, 0.25) is 6.79 Å². The lowest BCUT2D eigenvalue weighted by Crippen LogP contribution is -2.23. The maximum Gasteiger partial charge on any atom is 0.253 e. The Kier molecular flexibility index (Phi) is 5.33. The lowest BCUT2D eigenvalue weighted by atomic mass is 10.2. The molecule has 1 amide bonds. The third kappa shape index (κ3) is 4.16. The Labute approximate surface area is 170 Å². The number of hydrogen-bond donors (Lipinski definition) is 1. The van der Waals surface area contributed by atoms with Gasteiger partial charge in [-0.2, -0.15) is 0 Å². The van der Waals surface area contributed by atoms with Crippen LogP contribution in [0.1, 0.15) is 28.4 Å². The molecule has 3 aromatic rings. The van der Waals surface area contributed by atoms with Crippen LogP contribution in [-0.2, 0) is 6.54 Å². The third-order valence-electron chi connectivity index (χ3n) is 4.81. The van der Waals surface area contributed by atoms with Gasteiger partial charge >= 0.3 is 0 Å². The molecule has 148 valence electrons. The molecule has 6 heteroatoms. The zero-order valence-corrected chi connectivity index (χ0v) is 16.5. The van der Waals surface area contributed by atoms with Crippen molar-refractivity contribution in [3.8, 4) is 11.5 Å². The summed E-state index contributed by atoms with van der Waals surface area (Å²) in [6.45, 7) is 5.57. The summed E-state index contributed by atoms with van der Waals surface area (Å²) in [4.78, 5) is 19.1. The number of carbonyl (C=O) groups is 1. The van der Waals surface area contributed by atoms with Gasteiger partial charge in [0.15, 0.2) is 11.5 Å². The Balaban J connectivity index is 1.42. The van der Waals surface area contributed by atoms with Gasteiger partial charge in [-0.15, -0.1) is 0 Å². The van der Waals surface area contributed by atoms with Crippen molar-refractivity contribution < 1.29 is 14.3 Å². The van der Waals surface area contributed by atoms with Crippen molar-refractivity contribution in [3.63, 3.8) is 0 Å². The van der Waals surface area contributed by atoms with E-state index < -0.39 is 0 Å². The highest BCUT2D eigenvalue weighted by Crippen LogP contribution is 2.32. The average Bonchev–Trinajstić information content (AvgIpc) is 3.21. The minimum absolute atomic E-state index is 0.166. The second-order valence-electron chi connectivity index (χ2n) is 6.86. The van der Waals surface area contributed by atoms with E-state index in [-0.39, 0.29) is 12.7 Å². The van der Waals surface area contributed by atoms with E-state index >= 15 is 0 Å². The first kappa shape index (κ1) is 18.8. The molecule has 2 aromatic carbocycles. The number of nitrogens with one attached hydrogen (secondary N) is 1. The van der Waals surface area contributed by atoms with Gasteiger partial charge in [0.25, 0.3) is 5.91 Å². The maximum atomic E-state index is 12.5. The second kappa shape index (κ2) is 8.22. The molecular weight excluding hydrogens is 366 g/mol. The number of aromatic nitrogens is 1. The lowest BCUT2D eigenvalue weighted by molar-refractivity contribution is 0.0950. The molecule has 29 heavy (non-hydrogen) atoms. The fourth-order valence-corrected chi connectivity index (χ4v) is 3.29. The first-order valence-corrected chi connectivity index (χ1v) is 9.61. The van der Waals surface area contributed by atoms with E-state index in [2.05, 4.69) is 47.2 Å². The molecule has 1 aromatic heterocycles. The Bertz CT molecular complexity index is 1020. The van der Waals surface area contributed by atoms with Crippen LogP contribution in [-0.4, -0.2) is 24.2 Å². The summed E-state index contributed by atoms with van der Waals surface area (Å²) in [7, 11) is 0. The molecule has 1 aliphatic rings. The van der Waals surface area contributed by atoms with Crippen LogP contribution in [0.15, 0.2) is 60.8 Å². The van der Waals surface area contributed by atoms with Crippen LogP contribution in [0.3, 0.4) is 0 Å². The monoisotopic (exact) mass is 389 g/mol. The molecule has 4 rings (SSSR count). The van der Waals surface area contributed by atoms with Gasteiger partial charge in [-0.1, -0.05) is 18.2 Å². The van der Waals surface area contributed by atoms with E-state index in [0.29, 0.717) is 17.9 Å². The lowest BCUT2D eigenvalue weighted by Gasteiger charge is -2.22. The van der Waals surface area contributed by atoms with Crippen molar-refractivity contribution in [2.24, 2.45) is 0 Å². The first-order chi connectivity index (χ1) is 14.1. The summed E-state index contributed by atoms with van der Waals surface area (Å²) in [5.41, 5.74) is 3.75. The van der Waals surface area contributed by atoms with Crippen LogP contribution in [0.4, 0.5) is 11.5 Å². The number of nitrogens with zero attached hydrogens (tertiary/aromatic N) is 2. The fraction of sp³-hybridized carbons (Fsp3) is 0.217. The number of hydrogen-bond acceptors (Lipinski definition) is 5. The number of carbonyl (C=O) groups excluding carboxylic acids is 1. The van der Waals surface area contributed by atoms with Crippen molar-refractivity contribution in [3.05, 3.63) is 77.5 Å². The standard InChI is InChI=1S/C23H23N3O3/c1-3-26(19-6-4-5-16(2)11-19)22-10-8-18(14-24-22)23(27)25-13-17-7-9-20-21(12-17)29-15-28-20/h4-12,14H,3,13,15H2,1-2H3,(H,25,27). The molecule has 1 N–H and O–H groups in total. The number of pyridine rings is 1. The summed E-state index contributed by atoms with van der Waals surface area (Å²) in [6, 6.07) is 17.6. The summed E-state index contributed by atoms with van der Waals surface area (Å²) in [5.74, 6) is 2.08. The highest BCUT2D eigenvalue weighted by Gasteiger charge is 2.14. The molecule has 0 aliphatic carbocycles. The van der Waals surface area contributed by atoms with Crippen LogP contribution in [0.2, 0.25) is 0 Å². The van der Waals surface area contributed by atoms with Crippen LogP contribution >= 0.6 is 0 Å². The molecule has 1 aliphatic heterocycles. The van der Waals surface area contributed by atoms with Crippen LogP contribution in [0.25, 0.3) is 0 Å².